The Labute approximate surface area is 138 Å². The second kappa shape index (κ2) is 7.69. The van der Waals surface area contributed by atoms with E-state index in [9.17, 15) is 4.39 Å². The molecule has 116 valence electrons. The van der Waals surface area contributed by atoms with Gasteiger partial charge < -0.3 is 5.32 Å². The summed E-state index contributed by atoms with van der Waals surface area (Å²) in [5, 5.41) is 3.87. The fourth-order valence-electron chi connectivity index (χ4n) is 1.96. The molecule has 0 unspecified atom stereocenters. The van der Waals surface area contributed by atoms with Crippen molar-refractivity contribution < 1.29 is 4.39 Å². The maximum absolute atomic E-state index is 13.5. The molecule has 3 rings (SSSR count). The molecule has 2 heterocycles. The third-order valence-electron chi connectivity index (χ3n) is 3.11. The number of halogens is 1. The number of nitrogens with zero attached hydrogens (tertiary/aromatic N) is 3. The van der Waals surface area contributed by atoms with E-state index in [-0.39, 0.29) is 12.4 Å². The summed E-state index contributed by atoms with van der Waals surface area (Å²) in [4.78, 5) is 12.6. The largest absolute Gasteiger partial charge is 0.363 e. The minimum Gasteiger partial charge on any atom is -0.363 e. The zero-order valence-electron chi connectivity index (χ0n) is 12.3. The summed E-state index contributed by atoms with van der Waals surface area (Å²) in [6, 6.07) is 13.1. The van der Waals surface area contributed by atoms with Crippen LogP contribution in [0.15, 0.2) is 66.1 Å². The van der Waals surface area contributed by atoms with E-state index in [4.69, 9.17) is 0 Å². The predicted octanol–water partition coefficient (Wildman–Crippen LogP) is 3.92. The van der Waals surface area contributed by atoms with Crippen molar-refractivity contribution >= 4 is 17.6 Å². The van der Waals surface area contributed by atoms with Crippen LogP contribution >= 0.6 is 11.8 Å². The first-order valence-corrected chi connectivity index (χ1v) is 8.12. The monoisotopic (exact) mass is 326 g/mol. The van der Waals surface area contributed by atoms with E-state index in [1.54, 1.807) is 36.4 Å². The topological polar surface area (TPSA) is 50.7 Å². The fourth-order valence-corrected chi connectivity index (χ4v) is 2.76. The molecule has 0 atom stereocenters. The zero-order valence-corrected chi connectivity index (χ0v) is 13.1. The Morgan fingerprint density at radius 3 is 2.74 bits per heavy atom. The van der Waals surface area contributed by atoms with Crippen LogP contribution in [0, 0.1) is 5.82 Å². The molecule has 1 N–H and O–H groups in total. The molecule has 6 heteroatoms. The van der Waals surface area contributed by atoms with Gasteiger partial charge in [-0.15, -0.1) is 11.8 Å². The van der Waals surface area contributed by atoms with Gasteiger partial charge in [-0.2, -0.15) is 0 Å². The van der Waals surface area contributed by atoms with Crippen LogP contribution in [0.25, 0.3) is 0 Å². The SMILES string of the molecule is Fc1cccnc1CNc1cncc(SCc2ccccc2)n1. The van der Waals surface area contributed by atoms with Crippen molar-refractivity contribution in [1.29, 1.82) is 0 Å². The van der Waals surface area contributed by atoms with Crippen LogP contribution in [0.4, 0.5) is 10.2 Å². The maximum atomic E-state index is 13.5. The summed E-state index contributed by atoms with van der Waals surface area (Å²) in [5.41, 5.74) is 1.59. The number of aromatic nitrogens is 3. The molecule has 23 heavy (non-hydrogen) atoms. The van der Waals surface area contributed by atoms with Gasteiger partial charge in [0.05, 0.1) is 24.6 Å². The Morgan fingerprint density at radius 1 is 1.04 bits per heavy atom. The van der Waals surface area contributed by atoms with E-state index < -0.39 is 0 Å². The van der Waals surface area contributed by atoms with Crippen LogP contribution in [0.3, 0.4) is 0 Å². The number of benzene rings is 1. The van der Waals surface area contributed by atoms with Crippen molar-refractivity contribution in [3.05, 3.63) is 78.1 Å². The van der Waals surface area contributed by atoms with Gasteiger partial charge in [-0.1, -0.05) is 30.3 Å². The summed E-state index contributed by atoms with van der Waals surface area (Å²) >= 11 is 1.61. The van der Waals surface area contributed by atoms with Gasteiger partial charge in [-0.25, -0.2) is 9.37 Å². The van der Waals surface area contributed by atoms with E-state index in [1.807, 2.05) is 18.2 Å². The lowest BCUT2D eigenvalue weighted by Gasteiger charge is -2.07. The highest BCUT2D eigenvalue weighted by atomic mass is 32.2. The number of nitrogens with one attached hydrogen (secondary N) is 1. The van der Waals surface area contributed by atoms with Gasteiger partial charge >= 0.3 is 0 Å². The van der Waals surface area contributed by atoms with Crippen molar-refractivity contribution in [3.8, 4) is 0 Å². The maximum Gasteiger partial charge on any atom is 0.146 e. The normalized spacial score (nSPS) is 10.5. The van der Waals surface area contributed by atoms with Crippen LogP contribution in [-0.2, 0) is 12.3 Å². The first-order chi connectivity index (χ1) is 11.3. The molecular formula is C17H15FN4S. The Bertz CT molecular complexity index is 767. The molecule has 1 aromatic carbocycles. The smallest absolute Gasteiger partial charge is 0.146 e. The molecule has 0 saturated heterocycles. The highest BCUT2D eigenvalue weighted by molar-refractivity contribution is 7.98. The molecule has 0 saturated carbocycles. The summed E-state index contributed by atoms with van der Waals surface area (Å²) in [7, 11) is 0. The van der Waals surface area contributed by atoms with Crippen LogP contribution in [0.1, 0.15) is 11.3 Å². The molecule has 0 aliphatic heterocycles. The van der Waals surface area contributed by atoms with Gasteiger partial charge in [-0.3, -0.25) is 9.97 Å². The Hall–Kier alpha value is -2.47. The Balaban J connectivity index is 1.60. The lowest BCUT2D eigenvalue weighted by molar-refractivity contribution is 0.602. The second-order valence-electron chi connectivity index (χ2n) is 4.80. The van der Waals surface area contributed by atoms with Gasteiger partial charge in [0.2, 0.25) is 0 Å². The Morgan fingerprint density at radius 2 is 1.91 bits per heavy atom. The lowest BCUT2D eigenvalue weighted by atomic mass is 10.2. The van der Waals surface area contributed by atoms with Crippen LogP contribution in [0.2, 0.25) is 0 Å². The van der Waals surface area contributed by atoms with E-state index >= 15 is 0 Å². The lowest BCUT2D eigenvalue weighted by Crippen LogP contribution is -2.05. The van der Waals surface area contributed by atoms with E-state index in [2.05, 4.69) is 32.4 Å². The molecule has 4 nitrogen and oxygen atoms in total. The quantitative estimate of drug-likeness (QED) is 0.696. The van der Waals surface area contributed by atoms with Crippen LogP contribution < -0.4 is 5.32 Å². The standard InChI is InChI=1S/C17H15FN4S/c18-14-7-4-8-20-15(14)9-21-16-10-19-11-17(22-16)23-12-13-5-2-1-3-6-13/h1-8,10-11H,9,12H2,(H,21,22). The van der Waals surface area contributed by atoms with E-state index in [1.165, 1.54) is 11.6 Å². The average molecular weight is 326 g/mol. The minimum absolute atomic E-state index is 0.272. The first-order valence-electron chi connectivity index (χ1n) is 7.13. The van der Waals surface area contributed by atoms with Gasteiger partial charge in [0.25, 0.3) is 0 Å². The van der Waals surface area contributed by atoms with Crippen molar-refractivity contribution in [2.45, 2.75) is 17.3 Å². The summed E-state index contributed by atoms with van der Waals surface area (Å²) < 4.78 is 13.5. The number of pyridine rings is 1. The number of anilines is 1. The number of hydrogen-bond acceptors (Lipinski definition) is 5. The molecule has 3 aromatic rings. The molecule has 2 aromatic heterocycles. The Kier molecular flexibility index (Phi) is 5.16. The number of rotatable bonds is 6. The number of thioether (sulfide) groups is 1. The fraction of sp³-hybridized carbons (Fsp3) is 0.118. The van der Waals surface area contributed by atoms with Crippen molar-refractivity contribution in [1.82, 2.24) is 15.0 Å². The van der Waals surface area contributed by atoms with Crippen LogP contribution in [0.5, 0.6) is 0 Å². The first kappa shape index (κ1) is 15.4. The third-order valence-corrected chi connectivity index (χ3v) is 4.08. The highest BCUT2D eigenvalue weighted by Crippen LogP contribution is 2.21. The van der Waals surface area contributed by atoms with Gasteiger partial charge in [0.1, 0.15) is 16.7 Å². The van der Waals surface area contributed by atoms with Crippen molar-refractivity contribution in [3.63, 3.8) is 0 Å². The number of hydrogen-bond donors (Lipinski definition) is 1. The molecular weight excluding hydrogens is 311 g/mol. The molecule has 0 aliphatic rings. The van der Waals surface area contributed by atoms with E-state index in [0.717, 1.165) is 10.8 Å². The second-order valence-corrected chi connectivity index (χ2v) is 5.80. The van der Waals surface area contributed by atoms with Gasteiger partial charge in [0.15, 0.2) is 0 Å². The van der Waals surface area contributed by atoms with Gasteiger partial charge in [-0.05, 0) is 17.7 Å². The highest BCUT2D eigenvalue weighted by Gasteiger charge is 2.04. The molecule has 0 spiro atoms. The molecule has 0 bridgehead atoms. The van der Waals surface area contributed by atoms with Crippen molar-refractivity contribution in [2.24, 2.45) is 0 Å². The third kappa shape index (κ3) is 4.50. The molecule has 0 fully saturated rings. The van der Waals surface area contributed by atoms with Crippen LogP contribution in [-0.4, -0.2) is 15.0 Å². The van der Waals surface area contributed by atoms with Crippen molar-refractivity contribution in [2.75, 3.05) is 5.32 Å². The van der Waals surface area contributed by atoms with E-state index in [0.29, 0.717) is 11.5 Å². The van der Waals surface area contributed by atoms with Gasteiger partial charge in [0, 0.05) is 11.9 Å². The summed E-state index contributed by atoms with van der Waals surface area (Å²) in [6.45, 7) is 0.272. The zero-order chi connectivity index (χ0) is 15.9. The average Bonchev–Trinajstić information content (AvgIpc) is 2.61. The predicted molar refractivity (Wildman–Crippen MR) is 89.6 cm³/mol. The molecule has 0 aliphatic carbocycles. The molecule has 0 radical (unpaired) electrons. The summed E-state index contributed by atoms with van der Waals surface area (Å²) in [6.07, 6.45) is 4.91. The molecule has 0 amide bonds. The minimum atomic E-state index is -0.331. The summed E-state index contributed by atoms with van der Waals surface area (Å²) in [5.74, 6) is 1.10.